The summed E-state index contributed by atoms with van der Waals surface area (Å²) in [6, 6.07) is 9.74. The van der Waals surface area contributed by atoms with E-state index in [1.807, 2.05) is 12.1 Å². The zero-order valence-corrected chi connectivity index (χ0v) is 11.6. The van der Waals surface area contributed by atoms with Crippen molar-refractivity contribution in [1.29, 1.82) is 0 Å². The fourth-order valence-electron chi connectivity index (χ4n) is 2.56. The number of hydrogen-bond acceptors (Lipinski definition) is 3. The molecule has 5 heteroatoms. The Morgan fingerprint density at radius 3 is 2.81 bits per heavy atom. The Morgan fingerprint density at radius 1 is 1.29 bits per heavy atom. The Bertz CT molecular complexity index is 715. The summed E-state index contributed by atoms with van der Waals surface area (Å²) in [7, 11) is 1.39. The van der Waals surface area contributed by atoms with Crippen LogP contribution in [0.25, 0.3) is 0 Å². The van der Waals surface area contributed by atoms with Gasteiger partial charge in [0.2, 0.25) is 0 Å². The minimum Gasteiger partial charge on any atom is -0.494 e. The van der Waals surface area contributed by atoms with E-state index in [4.69, 9.17) is 10.5 Å². The summed E-state index contributed by atoms with van der Waals surface area (Å²) in [5.74, 6) is -0.658. The van der Waals surface area contributed by atoms with Gasteiger partial charge in [0.05, 0.1) is 7.11 Å². The molecule has 1 amide bonds. The summed E-state index contributed by atoms with van der Waals surface area (Å²) in [6.45, 7) is 0.575. The smallest absolute Gasteiger partial charge is 0.258 e. The van der Waals surface area contributed by atoms with Crippen LogP contribution in [0.4, 0.5) is 15.8 Å². The quantitative estimate of drug-likeness (QED) is 0.863. The SMILES string of the molecule is COc1ccc(C(=O)N2CCc3ccc(N)cc32)cc1F. The maximum Gasteiger partial charge on any atom is 0.258 e. The number of rotatable bonds is 2. The molecule has 0 saturated carbocycles. The molecule has 3 rings (SSSR count). The van der Waals surface area contributed by atoms with Crippen molar-refractivity contribution < 1.29 is 13.9 Å². The maximum absolute atomic E-state index is 13.7. The molecule has 0 fully saturated rings. The summed E-state index contributed by atoms with van der Waals surface area (Å²) in [6.07, 6.45) is 0.778. The van der Waals surface area contributed by atoms with E-state index in [1.54, 1.807) is 17.0 Å². The minimum atomic E-state index is -0.546. The fourth-order valence-corrected chi connectivity index (χ4v) is 2.56. The molecule has 2 N–H and O–H groups in total. The number of hydrogen-bond donors (Lipinski definition) is 1. The molecule has 0 radical (unpaired) electrons. The predicted molar refractivity (Wildman–Crippen MR) is 79.2 cm³/mol. The number of carbonyl (C=O) groups excluding carboxylic acids is 1. The van der Waals surface area contributed by atoms with Crippen molar-refractivity contribution >= 4 is 17.3 Å². The zero-order valence-electron chi connectivity index (χ0n) is 11.6. The zero-order chi connectivity index (χ0) is 15.0. The van der Waals surface area contributed by atoms with Gasteiger partial charge in [-0.3, -0.25) is 4.79 Å². The number of carbonyl (C=O) groups is 1. The fraction of sp³-hybridized carbons (Fsp3) is 0.188. The summed E-state index contributed by atoms with van der Waals surface area (Å²) in [5, 5.41) is 0. The third-order valence-corrected chi connectivity index (χ3v) is 3.65. The normalized spacial score (nSPS) is 13.1. The highest BCUT2D eigenvalue weighted by Gasteiger charge is 2.26. The van der Waals surface area contributed by atoms with Crippen molar-refractivity contribution in [2.24, 2.45) is 0 Å². The number of anilines is 2. The Balaban J connectivity index is 1.94. The van der Waals surface area contributed by atoms with Crippen LogP contribution in [0, 0.1) is 5.82 Å². The average molecular weight is 286 g/mol. The van der Waals surface area contributed by atoms with E-state index in [9.17, 15) is 9.18 Å². The van der Waals surface area contributed by atoms with Gasteiger partial charge in [0.1, 0.15) is 0 Å². The lowest BCUT2D eigenvalue weighted by atomic mass is 10.1. The lowest BCUT2D eigenvalue weighted by molar-refractivity contribution is 0.0989. The number of ether oxygens (including phenoxy) is 1. The van der Waals surface area contributed by atoms with Gasteiger partial charge >= 0.3 is 0 Å². The molecule has 0 spiro atoms. The van der Waals surface area contributed by atoms with Gasteiger partial charge in [-0.15, -0.1) is 0 Å². The summed E-state index contributed by atoms with van der Waals surface area (Å²) in [4.78, 5) is 14.2. The van der Waals surface area contributed by atoms with Gasteiger partial charge in [-0.05, 0) is 42.3 Å². The van der Waals surface area contributed by atoms with Crippen LogP contribution in [0.2, 0.25) is 0 Å². The molecule has 1 aliphatic heterocycles. The number of benzene rings is 2. The molecule has 108 valence electrons. The summed E-state index contributed by atoms with van der Waals surface area (Å²) in [5.41, 5.74) is 8.56. The van der Waals surface area contributed by atoms with Gasteiger partial charge < -0.3 is 15.4 Å². The van der Waals surface area contributed by atoms with E-state index < -0.39 is 5.82 Å². The second kappa shape index (κ2) is 5.09. The van der Waals surface area contributed by atoms with E-state index in [0.29, 0.717) is 17.8 Å². The lowest BCUT2D eigenvalue weighted by Crippen LogP contribution is -2.29. The Hall–Kier alpha value is -2.56. The molecule has 1 heterocycles. The Labute approximate surface area is 121 Å². The van der Waals surface area contributed by atoms with Crippen LogP contribution in [0.5, 0.6) is 5.75 Å². The van der Waals surface area contributed by atoms with Crippen molar-refractivity contribution in [3.05, 3.63) is 53.3 Å². The number of nitrogens with two attached hydrogens (primary N) is 1. The van der Waals surface area contributed by atoms with Crippen LogP contribution >= 0.6 is 0 Å². The van der Waals surface area contributed by atoms with Gasteiger partial charge in [-0.2, -0.15) is 0 Å². The van der Waals surface area contributed by atoms with Gasteiger partial charge in [-0.1, -0.05) is 6.07 Å². The van der Waals surface area contributed by atoms with Gasteiger partial charge in [0.25, 0.3) is 5.91 Å². The third-order valence-electron chi connectivity index (χ3n) is 3.65. The number of nitrogen functional groups attached to an aromatic ring is 1. The molecule has 2 aromatic rings. The molecule has 21 heavy (non-hydrogen) atoms. The largest absolute Gasteiger partial charge is 0.494 e. The maximum atomic E-state index is 13.7. The number of methoxy groups -OCH3 is 1. The molecule has 2 aromatic carbocycles. The van der Waals surface area contributed by atoms with Crippen molar-refractivity contribution in [3.8, 4) is 5.75 Å². The van der Waals surface area contributed by atoms with Crippen LogP contribution in [0.1, 0.15) is 15.9 Å². The summed E-state index contributed by atoms with van der Waals surface area (Å²) < 4.78 is 18.6. The monoisotopic (exact) mass is 286 g/mol. The number of amides is 1. The van der Waals surface area contributed by atoms with Crippen molar-refractivity contribution in [2.45, 2.75) is 6.42 Å². The minimum absolute atomic E-state index is 0.123. The van der Waals surface area contributed by atoms with Crippen LogP contribution in [-0.2, 0) is 6.42 Å². The molecule has 4 nitrogen and oxygen atoms in total. The topological polar surface area (TPSA) is 55.6 Å². The predicted octanol–water partition coefficient (Wildman–Crippen LogP) is 2.62. The van der Waals surface area contributed by atoms with E-state index in [-0.39, 0.29) is 11.7 Å². The molecule has 0 atom stereocenters. The van der Waals surface area contributed by atoms with Gasteiger partial charge in [0, 0.05) is 23.5 Å². The molecular weight excluding hydrogens is 271 g/mol. The highest BCUT2D eigenvalue weighted by molar-refractivity contribution is 6.07. The first-order valence-corrected chi connectivity index (χ1v) is 6.64. The Kier molecular flexibility index (Phi) is 3.25. The van der Waals surface area contributed by atoms with Crippen molar-refractivity contribution in [3.63, 3.8) is 0 Å². The molecule has 0 bridgehead atoms. The van der Waals surface area contributed by atoms with E-state index in [1.165, 1.54) is 19.2 Å². The lowest BCUT2D eigenvalue weighted by Gasteiger charge is -2.18. The molecular formula is C16H15FN2O2. The van der Waals surface area contributed by atoms with Crippen molar-refractivity contribution in [1.82, 2.24) is 0 Å². The van der Waals surface area contributed by atoms with Crippen LogP contribution in [0.15, 0.2) is 36.4 Å². The highest BCUT2D eigenvalue weighted by atomic mass is 19.1. The molecule has 0 aliphatic carbocycles. The third kappa shape index (κ3) is 2.31. The van der Waals surface area contributed by atoms with E-state index >= 15 is 0 Å². The first kappa shape index (κ1) is 13.4. The number of fused-ring (bicyclic) bond motifs is 1. The van der Waals surface area contributed by atoms with Gasteiger partial charge in [0.15, 0.2) is 11.6 Å². The molecule has 0 saturated heterocycles. The number of nitrogens with zero attached hydrogens (tertiary/aromatic N) is 1. The molecule has 1 aliphatic rings. The van der Waals surface area contributed by atoms with Crippen LogP contribution in [-0.4, -0.2) is 19.6 Å². The number of halogens is 1. The molecule has 0 aromatic heterocycles. The Morgan fingerprint density at radius 2 is 2.10 bits per heavy atom. The second-order valence-electron chi connectivity index (χ2n) is 4.94. The summed E-state index contributed by atoms with van der Waals surface area (Å²) >= 11 is 0. The average Bonchev–Trinajstić information content (AvgIpc) is 2.89. The first-order chi connectivity index (χ1) is 10.1. The van der Waals surface area contributed by atoms with E-state index in [2.05, 4.69) is 0 Å². The first-order valence-electron chi connectivity index (χ1n) is 6.64. The van der Waals surface area contributed by atoms with Gasteiger partial charge in [-0.25, -0.2) is 4.39 Å². The van der Waals surface area contributed by atoms with Crippen LogP contribution in [0.3, 0.4) is 0 Å². The second-order valence-corrected chi connectivity index (χ2v) is 4.94. The van der Waals surface area contributed by atoms with Crippen molar-refractivity contribution in [2.75, 3.05) is 24.3 Å². The van der Waals surface area contributed by atoms with E-state index in [0.717, 1.165) is 17.7 Å². The standard InChI is InChI=1S/C16H15FN2O2/c1-21-15-5-3-11(8-13(15)17)16(20)19-7-6-10-2-4-12(18)9-14(10)19/h2-5,8-9H,6-7,18H2,1H3. The van der Waals surface area contributed by atoms with Crippen LogP contribution < -0.4 is 15.4 Å². The molecule has 0 unspecified atom stereocenters. The highest BCUT2D eigenvalue weighted by Crippen LogP contribution is 2.31.